The van der Waals surface area contributed by atoms with Crippen LogP contribution in [0.1, 0.15) is 22.3 Å². The van der Waals surface area contributed by atoms with Crippen molar-refractivity contribution < 1.29 is 0 Å². The van der Waals surface area contributed by atoms with Crippen LogP contribution in [0.4, 0.5) is 17.1 Å². The van der Waals surface area contributed by atoms with E-state index in [1.165, 1.54) is 82.7 Å². The molecule has 12 rings (SSSR count). The van der Waals surface area contributed by atoms with Gasteiger partial charge in [-0.1, -0.05) is 164 Å². The highest BCUT2D eigenvalue weighted by atomic mass is 15.1. The summed E-state index contributed by atoms with van der Waals surface area (Å²) in [5.74, 6) is 0. The van der Waals surface area contributed by atoms with Crippen molar-refractivity contribution >= 4 is 38.6 Å². The van der Waals surface area contributed by atoms with Gasteiger partial charge >= 0.3 is 0 Å². The molecule has 58 heavy (non-hydrogen) atoms. The van der Waals surface area contributed by atoms with Crippen LogP contribution in [0.2, 0.25) is 0 Å². The first-order valence-corrected chi connectivity index (χ1v) is 20.0. The molecule has 9 aromatic carbocycles. The number of fused-ring (bicyclic) bond motifs is 12. The molecule has 270 valence electrons. The van der Waals surface area contributed by atoms with E-state index in [1.54, 1.807) is 0 Å². The van der Waals surface area contributed by atoms with Crippen LogP contribution in [0, 0.1) is 0 Å². The van der Waals surface area contributed by atoms with Crippen molar-refractivity contribution in [3.8, 4) is 44.5 Å². The molecule has 1 atom stereocenters. The smallest absolute Gasteiger partial charge is 0.0731 e. The summed E-state index contributed by atoms with van der Waals surface area (Å²) in [6, 6.07) is 76.1. The summed E-state index contributed by atoms with van der Waals surface area (Å²) in [5, 5.41) is 4.94. The van der Waals surface area contributed by atoms with Crippen LogP contribution in [0.5, 0.6) is 0 Å². The molecule has 0 saturated carbocycles. The number of nitrogens with zero attached hydrogens (tertiary/aromatic N) is 2. The molecule has 1 aromatic heterocycles. The van der Waals surface area contributed by atoms with E-state index >= 15 is 0 Å². The lowest BCUT2D eigenvalue weighted by atomic mass is 9.68. The number of anilines is 3. The molecule has 2 heteroatoms. The van der Waals surface area contributed by atoms with Gasteiger partial charge in [0.15, 0.2) is 0 Å². The summed E-state index contributed by atoms with van der Waals surface area (Å²) < 4.78 is 0. The van der Waals surface area contributed by atoms with E-state index in [9.17, 15) is 0 Å². The molecule has 0 aliphatic heterocycles. The summed E-state index contributed by atoms with van der Waals surface area (Å²) in [7, 11) is 0. The van der Waals surface area contributed by atoms with E-state index in [1.807, 2.05) is 18.5 Å². The lowest BCUT2D eigenvalue weighted by Gasteiger charge is -2.32. The van der Waals surface area contributed by atoms with Crippen LogP contribution < -0.4 is 4.90 Å². The summed E-state index contributed by atoms with van der Waals surface area (Å²) in [6.45, 7) is 0. The molecule has 0 amide bonds. The topological polar surface area (TPSA) is 16.1 Å². The van der Waals surface area contributed by atoms with Gasteiger partial charge in [-0.2, -0.15) is 0 Å². The number of aromatic nitrogens is 1. The molecular formula is C56H36N2. The molecule has 0 fully saturated rings. The largest absolute Gasteiger partial charge is 0.308 e. The van der Waals surface area contributed by atoms with Gasteiger partial charge in [-0.25, -0.2) is 0 Å². The molecule has 1 heterocycles. The van der Waals surface area contributed by atoms with Gasteiger partial charge in [0.25, 0.3) is 0 Å². The van der Waals surface area contributed by atoms with Gasteiger partial charge < -0.3 is 4.90 Å². The molecule has 1 spiro atoms. The first-order valence-electron chi connectivity index (χ1n) is 20.0. The van der Waals surface area contributed by atoms with Crippen molar-refractivity contribution in [1.82, 2.24) is 4.98 Å². The standard InChI is InChI=1S/C56H36N2/c1-2-15-42-35-53-50(34-41(42)14-1)48-22-6-8-26-52(48)56(53)51-25-7-5-21-47(51)49-24-11-23-46(55(49)56)39-30-28-37(29-31-39)40-17-9-18-43(33-40)58(44-19-12-32-57-36-44)54-27-10-16-38-13-3-4-20-45(38)54/h1-36H. The zero-order valence-electron chi connectivity index (χ0n) is 31.7. The average Bonchev–Trinajstić information content (AvgIpc) is 3.76. The Kier molecular flexibility index (Phi) is 7.18. The van der Waals surface area contributed by atoms with Crippen LogP contribution in [0.15, 0.2) is 219 Å². The lowest BCUT2D eigenvalue weighted by Crippen LogP contribution is -2.26. The highest BCUT2D eigenvalue weighted by molar-refractivity contribution is 6.03. The Hall–Kier alpha value is -7.55. The maximum atomic E-state index is 4.52. The fraction of sp³-hybridized carbons (Fsp3) is 0.0179. The van der Waals surface area contributed by atoms with Crippen molar-refractivity contribution in [3.05, 3.63) is 241 Å². The quantitative estimate of drug-likeness (QED) is 0.175. The van der Waals surface area contributed by atoms with Crippen LogP contribution in [0.25, 0.3) is 66.1 Å². The van der Waals surface area contributed by atoms with E-state index in [0.717, 1.165) is 22.6 Å². The Morgan fingerprint density at radius 1 is 0.362 bits per heavy atom. The van der Waals surface area contributed by atoms with Gasteiger partial charge in [0, 0.05) is 17.3 Å². The van der Waals surface area contributed by atoms with E-state index < -0.39 is 5.41 Å². The second-order valence-corrected chi connectivity index (χ2v) is 15.5. The van der Waals surface area contributed by atoms with Crippen molar-refractivity contribution in [2.75, 3.05) is 4.90 Å². The fourth-order valence-corrected chi connectivity index (χ4v) is 10.1. The number of hydrogen-bond acceptors (Lipinski definition) is 2. The van der Waals surface area contributed by atoms with Crippen LogP contribution in [-0.2, 0) is 5.41 Å². The summed E-state index contributed by atoms with van der Waals surface area (Å²) in [5.41, 5.74) is 18.3. The minimum Gasteiger partial charge on any atom is -0.308 e. The summed E-state index contributed by atoms with van der Waals surface area (Å²) in [4.78, 5) is 6.83. The number of rotatable bonds is 5. The lowest BCUT2D eigenvalue weighted by molar-refractivity contribution is 0.797. The van der Waals surface area contributed by atoms with Crippen molar-refractivity contribution in [2.45, 2.75) is 5.41 Å². The van der Waals surface area contributed by atoms with Gasteiger partial charge in [-0.3, -0.25) is 4.98 Å². The molecule has 1 unspecified atom stereocenters. The van der Waals surface area contributed by atoms with Gasteiger partial charge in [0.2, 0.25) is 0 Å². The number of pyridine rings is 1. The highest BCUT2D eigenvalue weighted by Gasteiger charge is 2.52. The molecule has 0 bridgehead atoms. The second-order valence-electron chi connectivity index (χ2n) is 15.5. The second kappa shape index (κ2) is 12.7. The fourth-order valence-electron chi connectivity index (χ4n) is 10.1. The zero-order chi connectivity index (χ0) is 38.2. The van der Waals surface area contributed by atoms with Gasteiger partial charge in [-0.15, -0.1) is 0 Å². The molecule has 0 radical (unpaired) electrons. The molecule has 2 aliphatic carbocycles. The monoisotopic (exact) mass is 736 g/mol. The third-order valence-corrected chi connectivity index (χ3v) is 12.5. The normalized spacial score (nSPS) is 14.6. The predicted octanol–water partition coefficient (Wildman–Crippen LogP) is 14.5. The molecule has 2 nitrogen and oxygen atoms in total. The van der Waals surface area contributed by atoms with Gasteiger partial charge in [0.1, 0.15) is 0 Å². The van der Waals surface area contributed by atoms with Crippen LogP contribution in [-0.4, -0.2) is 4.98 Å². The minimum absolute atomic E-state index is 0.442. The van der Waals surface area contributed by atoms with Crippen molar-refractivity contribution in [3.63, 3.8) is 0 Å². The predicted molar refractivity (Wildman–Crippen MR) is 241 cm³/mol. The van der Waals surface area contributed by atoms with Crippen LogP contribution >= 0.6 is 0 Å². The first kappa shape index (κ1) is 32.7. The van der Waals surface area contributed by atoms with Crippen molar-refractivity contribution in [2.24, 2.45) is 0 Å². The Morgan fingerprint density at radius 2 is 0.966 bits per heavy atom. The Morgan fingerprint density at radius 3 is 1.76 bits per heavy atom. The first-order chi connectivity index (χ1) is 28.8. The minimum atomic E-state index is -0.442. The third kappa shape index (κ3) is 4.69. The maximum absolute atomic E-state index is 4.52. The van der Waals surface area contributed by atoms with Crippen LogP contribution in [0.3, 0.4) is 0 Å². The molecule has 10 aromatic rings. The Bertz CT molecular complexity index is 3230. The molecule has 2 aliphatic rings. The highest BCUT2D eigenvalue weighted by Crippen LogP contribution is 2.64. The molecule has 0 saturated heterocycles. The summed E-state index contributed by atoms with van der Waals surface area (Å²) >= 11 is 0. The zero-order valence-corrected chi connectivity index (χ0v) is 31.7. The van der Waals surface area contributed by atoms with E-state index in [2.05, 4.69) is 210 Å². The third-order valence-electron chi connectivity index (χ3n) is 12.5. The van der Waals surface area contributed by atoms with E-state index in [4.69, 9.17) is 0 Å². The van der Waals surface area contributed by atoms with Gasteiger partial charge in [-0.05, 0) is 125 Å². The Balaban J connectivity index is 1.01. The van der Waals surface area contributed by atoms with Gasteiger partial charge in [0.05, 0.1) is 23.0 Å². The Labute approximate surface area is 338 Å². The van der Waals surface area contributed by atoms with E-state index in [-0.39, 0.29) is 0 Å². The molecule has 0 N–H and O–H groups in total. The maximum Gasteiger partial charge on any atom is 0.0731 e. The number of benzene rings is 9. The van der Waals surface area contributed by atoms with E-state index in [0.29, 0.717) is 0 Å². The number of hydrogen-bond donors (Lipinski definition) is 0. The SMILES string of the molecule is c1cncc(N(c2cccc(-c3ccc(-c4cccc5c4C4(c6ccccc6-c6cc7ccccc7cc64)c4ccccc4-5)cc3)c2)c2cccc3ccccc23)c1. The van der Waals surface area contributed by atoms with Crippen molar-refractivity contribution in [1.29, 1.82) is 0 Å². The average molecular weight is 737 g/mol. The molecular weight excluding hydrogens is 701 g/mol. The summed E-state index contributed by atoms with van der Waals surface area (Å²) in [6.07, 6.45) is 3.77.